The highest BCUT2D eigenvalue weighted by atomic mass is 19.4. The Labute approximate surface area is 164 Å². The molecule has 0 atom stereocenters. The molecule has 0 bridgehead atoms. The van der Waals surface area contributed by atoms with Crippen LogP contribution in [0.3, 0.4) is 0 Å². The van der Waals surface area contributed by atoms with Crippen LogP contribution in [-0.2, 0) is 12.7 Å². The van der Waals surface area contributed by atoms with Gasteiger partial charge in [0.05, 0.1) is 17.2 Å². The molecule has 0 amide bonds. The van der Waals surface area contributed by atoms with Crippen molar-refractivity contribution < 1.29 is 18.1 Å². The highest BCUT2D eigenvalue weighted by molar-refractivity contribution is 5.63. The van der Waals surface area contributed by atoms with Crippen LogP contribution in [0.4, 0.5) is 18.9 Å². The number of benzene rings is 2. The molecule has 0 fully saturated rings. The van der Waals surface area contributed by atoms with Crippen LogP contribution in [-0.4, -0.2) is 9.49 Å². The van der Waals surface area contributed by atoms with Crippen LogP contribution in [0.1, 0.15) is 22.3 Å². The fourth-order valence-electron chi connectivity index (χ4n) is 3.23. The van der Waals surface area contributed by atoms with Crippen LogP contribution in [0.25, 0.3) is 11.3 Å². The Bertz CT molecular complexity index is 1140. The minimum Gasteiger partial charge on any atom is -0.298 e. The Hall–Kier alpha value is -3.42. The summed E-state index contributed by atoms with van der Waals surface area (Å²) in [5, 5.41) is 11.3. The molecule has 0 spiro atoms. The lowest BCUT2D eigenvalue weighted by Crippen LogP contribution is -2.28. The number of halogens is 3. The van der Waals surface area contributed by atoms with E-state index in [-0.39, 0.29) is 12.2 Å². The highest BCUT2D eigenvalue weighted by Crippen LogP contribution is 2.36. The van der Waals surface area contributed by atoms with E-state index >= 15 is 0 Å². The summed E-state index contributed by atoms with van der Waals surface area (Å²) in [5.74, 6) is 0. The van der Waals surface area contributed by atoms with E-state index in [1.807, 2.05) is 26.0 Å². The van der Waals surface area contributed by atoms with Crippen molar-refractivity contribution in [3.8, 4) is 11.3 Å². The topological polar surface area (TPSA) is 65.1 Å². The number of pyridine rings is 1. The smallest absolute Gasteiger partial charge is 0.298 e. The summed E-state index contributed by atoms with van der Waals surface area (Å²) in [5.41, 5.74) is -1.49. The molecule has 1 heterocycles. The van der Waals surface area contributed by atoms with E-state index in [0.717, 1.165) is 15.7 Å². The van der Waals surface area contributed by atoms with E-state index in [1.54, 1.807) is 36.4 Å². The molecule has 2 aromatic carbocycles. The third kappa shape index (κ3) is 4.06. The summed E-state index contributed by atoms with van der Waals surface area (Å²) in [6.45, 7) is 3.61. The average molecular weight is 402 g/mol. The molecular weight excluding hydrogens is 385 g/mol. The summed E-state index contributed by atoms with van der Waals surface area (Å²) in [7, 11) is 0. The molecule has 0 aliphatic carbocycles. The van der Waals surface area contributed by atoms with Crippen LogP contribution < -0.4 is 5.56 Å². The van der Waals surface area contributed by atoms with Gasteiger partial charge in [0, 0.05) is 0 Å². The number of nitrogens with zero attached hydrogens (tertiary/aromatic N) is 2. The van der Waals surface area contributed by atoms with Crippen molar-refractivity contribution in [3.05, 3.63) is 97.3 Å². The zero-order valence-electron chi connectivity index (χ0n) is 15.7. The molecular formula is C21H17F3N2O3. The number of aromatic nitrogens is 1. The third-order valence-corrected chi connectivity index (χ3v) is 4.66. The highest BCUT2D eigenvalue weighted by Gasteiger charge is 2.42. The second kappa shape index (κ2) is 7.54. The maximum absolute atomic E-state index is 13.5. The largest absolute Gasteiger partial charge is 0.423 e. The third-order valence-electron chi connectivity index (χ3n) is 4.66. The van der Waals surface area contributed by atoms with Gasteiger partial charge in [-0.25, -0.2) is 0 Å². The van der Waals surface area contributed by atoms with Gasteiger partial charge in [0.2, 0.25) is 0 Å². The van der Waals surface area contributed by atoms with E-state index in [2.05, 4.69) is 0 Å². The van der Waals surface area contributed by atoms with Gasteiger partial charge in [-0.15, -0.1) is 0 Å². The van der Waals surface area contributed by atoms with Gasteiger partial charge in [-0.05, 0) is 36.6 Å². The molecule has 0 saturated carbocycles. The van der Waals surface area contributed by atoms with E-state index in [1.165, 1.54) is 0 Å². The monoisotopic (exact) mass is 402 g/mol. The molecule has 3 rings (SSSR count). The van der Waals surface area contributed by atoms with E-state index in [0.29, 0.717) is 17.2 Å². The van der Waals surface area contributed by atoms with Crippen molar-refractivity contribution in [3.63, 3.8) is 0 Å². The first-order chi connectivity index (χ1) is 13.6. The van der Waals surface area contributed by atoms with Crippen molar-refractivity contribution in [2.45, 2.75) is 26.6 Å². The Morgan fingerprint density at radius 1 is 1.03 bits per heavy atom. The zero-order valence-corrected chi connectivity index (χ0v) is 15.7. The minimum absolute atomic E-state index is 0.0338. The predicted octanol–water partition coefficient (Wildman–Crippen LogP) is 5.11. The second-order valence-corrected chi connectivity index (χ2v) is 6.73. The second-order valence-electron chi connectivity index (χ2n) is 6.73. The minimum atomic E-state index is -5.04. The van der Waals surface area contributed by atoms with Crippen LogP contribution in [0.5, 0.6) is 0 Å². The van der Waals surface area contributed by atoms with E-state index in [9.17, 15) is 28.1 Å². The summed E-state index contributed by atoms with van der Waals surface area (Å²) in [4.78, 5) is 23.0. The van der Waals surface area contributed by atoms with E-state index < -0.39 is 27.9 Å². The van der Waals surface area contributed by atoms with Gasteiger partial charge < -0.3 is 0 Å². The van der Waals surface area contributed by atoms with Crippen molar-refractivity contribution in [2.75, 3.05) is 0 Å². The first kappa shape index (κ1) is 20.3. The van der Waals surface area contributed by atoms with Crippen LogP contribution in [0, 0.1) is 24.0 Å². The number of hydrogen-bond donors (Lipinski definition) is 0. The first-order valence-electron chi connectivity index (χ1n) is 8.70. The van der Waals surface area contributed by atoms with Gasteiger partial charge >= 0.3 is 17.4 Å². The van der Waals surface area contributed by atoms with Crippen LogP contribution >= 0.6 is 0 Å². The number of rotatable bonds is 4. The lowest BCUT2D eigenvalue weighted by Gasteiger charge is -2.17. The van der Waals surface area contributed by atoms with Crippen molar-refractivity contribution in [1.29, 1.82) is 0 Å². The molecule has 5 nitrogen and oxygen atoms in total. The Morgan fingerprint density at radius 3 is 2.24 bits per heavy atom. The molecule has 0 aliphatic heterocycles. The molecule has 8 heteroatoms. The molecule has 29 heavy (non-hydrogen) atoms. The Balaban J connectivity index is 2.34. The SMILES string of the molecule is Cc1ccc(Cn2c(-c3ccccc3)cc(C(F)(F)F)c([N+](=O)[O-])c2=O)c(C)c1. The molecule has 3 aromatic rings. The summed E-state index contributed by atoms with van der Waals surface area (Å²) < 4.78 is 41.5. The summed E-state index contributed by atoms with van der Waals surface area (Å²) in [6.07, 6.45) is -5.04. The van der Waals surface area contributed by atoms with Crippen molar-refractivity contribution in [1.82, 2.24) is 4.57 Å². The molecule has 0 radical (unpaired) electrons. The standard InChI is InChI=1S/C21H17F3N2O3/c1-13-8-9-16(14(2)10-13)12-25-18(15-6-4-3-5-7-15)11-17(21(22,23)24)19(20(25)27)26(28)29/h3-11H,12H2,1-2H3. The van der Waals surface area contributed by atoms with Crippen LogP contribution in [0.15, 0.2) is 59.4 Å². The molecule has 0 N–H and O–H groups in total. The lowest BCUT2D eigenvalue weighted by atomic mass is 10.0. The number of alkyl halides is 3. The quantitative estimate of drug-likeness (QED) is 0.450. The van der Waals surface area contributed by atoms with Crippen LogP contribution in [0.2, 0.25) is 0 Å². The molecule has 0 unspecified atom stereocenters. The first-order valence-corrected chi connectivity index (χ1v) is 8.70. The van der Waals surface area contributed by atoms with Gasteiger partial charge in [0.1, 0.15) is 5.56 Å². The van der Waals surface area contributed by atoms with Crippen molar-refractivity contribution >= 4 is 5.69 Å². The molecule has 150 valence electrons. The predicted molar refractivity (Wildman–Crippen MR) is 103 cm³/mol. The van der Waals surface area contributed by atoms with Gasteiger partial charge in [0.25, 0.3) is 0 Å². The fourth-order valence-corrected chi connectivity index (χ4v) is 3.23. The average Bonchev–Trinajstić information content (AvgIpc) is 2.64. The van der Waals surface area contributed by atoms with Gasteiger partial charge in [-0.3, -0.25) is 19.5 Å². The maximum Gasteiger partial charge on any atom is 0.423 e. The Morgan fingerprint density at radius 2 is 1.69 bits per heavy atom. The number of hydrogen-bond acceptors (Lipinski definition) is 3. The van der Waals surface area contributed by atoms with Crippen molar-refractivity contribution in [2.24, 2.45) is 0 Å². The zero-order chi connectivity index (χ0) is 21.3. The summed E-state index contributed by atoms with van der Waals surface area (Å²) >= 11 is 0. The van der Waals surface area contributed by atoms with Gasteiger partial charge in [-0.2, -0.15) is 13.2 Å². The molecule has 1 aromatic heterocycles. The Kier molecular flexibility index (Phi) is 5.28. The van der Waals surface area contributed by atoms with Gasteiger partial charge in [0.15, 0.2) is 0 Å². The lowest BCUT2D eigenvalue weighted by molar-refractivity contribution is -0.389. The number of aryl methyl sites for hydroxylation is 2. The molecule has 0 aliphatic rings. The van der Waals surface area contributed by atoms with E-state index in [4.69, 9.17) is 0 Å². The maximum atomic E-state index is 13.5. The number of nitro groups is 1. The molecule has 0 saturated heterocycles. The normalized spacial score (nSPS) is 11.5. The fraction of sp³-hybridized carbons (Fsp3) is 0.190. The summed E-state index contributed by atoms with van der Waals surface area (Å²) in [6, 6.07) is 14.2. The van der Waals surface area contributed by atoms with Gasteiger partial charge in [-0.1, -0.05) is 54.1 Å².